The van der Waals surface area contributed by atoms with E-state index < -0.39 is 0 Å². The molecule has 0 aliphatic rings. The zero-order valence-corrected chi connectivity index (χ0v) is 11.7. The van der Waals surface area contributed by atoms with Crippen LogP contribution in [0.4, 0.5) is 0 Å². The van der Waals surface area contributed by atoms with Gasteiger partial charge in [0.15, 0.2) is 0 Å². The number of allylic oxidation sites excluding steroid dienone is 1. The molecule has 0 saturated heterocycles. The van der Waals surface area contributed by atoms with Gasteiger partial charge in [-0.25, -0.2) is 5.06 Å². The Kier molecular flexibility index (Phi) is 5.38. The zero-order valence-electron chi connectivity index (χ0n) is 10.9. The molecule has 1 unspecified atom stereocenters. The summed E-state index contributed by atoms with van der Waals surface area (Å²) in [7, 11) is 3.07. The number of nitrogens with zero attached hydrogens (tertiary/aromatic N) is 1. The highest BCUT2D eigenvalue weighted by Gasteiger charge is 2.24. The number of hydrogen-bond acceptors (Lipinski definition) is 2. The van der Waals surface area contributed by atoms with E-state index in [-0.39, 0.29) is 11.8 Å². The third-order valence-corrected chi connectivity index (χ3v) is 2.96. The van der Waals surface area contributed by atoms with Gasteiger partial charge in [0.05, 0.1) is 13.0 Å². The van der Waals surface area contributed by atoms with Crippen molar-refractivity contribution in [2.24, 2.45) is 0 Å². The molecule has 0 radical (unpaired) electrons. The molecule has 1 amide bonds. The Labute approximate surface area is 113 Å². The van der Waals surface area contributed by atoms with Gasteiger partial charge in [-0.3, -0.25) is 9.63 Å². The van der Waals surface area contributed by atoms with E-state index in [9.17, 15) is 4.79 Å². The van der Waals surface area contributed by atoms with E-state index in [0.29, 0.717) is 11.4 Å². The lowest BCUT2D eigenvalue weighted by atomic mass is 9.92. The number of benzene rings is 1. The minimum atomic E-state index is -0.287. The van der Waals surface area contributed by atoms with Crippen LogP contribution in [0.15, 0.2) is 36.4 Å². The summed E-state index contributed by atoms with van der Waals surface area (Å²) in [6.07, 6.45) is 0.591. The molecule has 0 aliphatic heterocycles. The average Bonchev–Trinajstić information content (AvgIpc) is 2.35. The first-order valence-corrected chi connectivity index (χ1v) is 6.05. The lowest BCUT2D eigenvalue weighted by Crippen LogP contribution is -2.31. The minimum absolute atomic E-state index is 0.0946. The monoisotopic (exact) mass is 267 g/mol. The maximum Gasteiger partial charge on any atom is 0.253 e. The van der Waals surface area contributed by atoms with E-state index in [4.69, 9.17) is 16.4 Å². The number of halogens is 1. The summed E-state index contributed by atoms with van der Waals surface area (Å²) in [6.45, 7) is 5.77. The molecule has 1 atom stereocenters. The fourth-order valence-corrected chi connectivity index (χ4v) is 1.83. The summed E-state index contributed by atoms with van der Waals surface area (Å²) in [5.41, 5.74) is 1.86. The molecule has 0 N–H and O–H groups in total. The van der Waals surface area contributed by atoms with Crippen molar-refractivity contribution in [3.8, 4) is 0 Å². The normalized spacial score (nSPS) is 12.0. The van der Waals surface area contributed by atoms with Crippen LogP contribution in [0.25, 0.3) is 0 Å². The number of carbonyl (C=O) groups excluding carboxylic acids is 1. The largest absolute Gasteiger partial charge is 0.275 e. The first-order chi connectivity index (χ1) is 8.45. The summed E-state index contributed by atoms with van der Waals surface area (Å²) in [4.78, 5) is 17.2. The molecular formula is C14H18ClNO2. The van der Waals surface area contributed by atoms with Crippen LogP contribution in [0.1, 0.15) is 24.8 Å². The zero-order chi connectivity index (χ0) is 13.7. The van der Waals surface area contributed by atoms with Gasteiger partial charge in [0.1, 0.15) is 0 Å². The van der Waals surface area contributed by atoms with E-state index in [1.807, 2.05) is 19.1 Å². The maximum atomic E-state index is 12.2. The van der Waals surface area contributed by atoms with Crippen molar-refractivity contribution >= 4 is 17.5 Å². The number of hydrogen-bond donors (Lipinski definition) is 0. The molecule has 1 rings (SSSR count). The van der Waals surface area contributed by atoms with Gasteiger partial charge in [0, 0.05) is 12.1 Å². The topological polar surface area (TPSA) is 29.5 Å². The van der Waals surface area contributed by atoms with Crippen LogP contribution in [0.5, 0.6) is 0 Å². The molecule has 0 spiro atoms. The number of carbonyl (C=O) groups is 1. The predicted molar refractivity (Wildman–Crippen MR) is 73.4 cm³/mol. The van der Waals surface area contributed by atoms with Crippen LogP contribution in [-0.2, 0) is 9.63 Å². The van der Waals surface area contributed by atoms with Crippen LogP contribution in [0, 0.1) is 0 Å². The Morgan fingerprint density at radius 3 is 2.44 bits per heavy atom. The molecule has 0 heterocycles. The lowest BCUT2D eigenvalue weighted by Gasteiger charge is -2.22. The van der Waals surface area contributed by atoms with Crippen molar-refractivity contribution < 1.29 is 9.63 Å². The fourth-order valence-electron chi connectivity index (χ4n) is 1.70. The predicted octanol–water partition coefficient (Wildman–Crippen LogP) is 3.41. The van der Waals surface area contributed by atoms with E-state index in [0.717, 1.165) is 11.1 Å². The quantitative estimate of drug-likeness (QED) is 0.604. The lowest BCUT2D eigenvalue weighted by molar-refractivity contribution is -0.170. The van der Waals surface area contributed by atoms with E-state index in [1.54, 1.807) is 19.2 Å². The van der Waals surface area contributed by atoms with Gasteiger partial charge in [-0.15, -0.1) is 6.58 Å². The van der Waals surface area contributed by atoms with Gasteiger partial charge in [0.25, 0.3) is 5.91 Å². The molecule has 1 aromatic carbocycles. The molecule has 0 aromatic heterocycles. The van der Waals surface area contributed by atoms with Gasteiger partial charge in [-0.1, -0.05) is 29.3 Å². The summed E-state index contributed by atoms with van der Waals surface area (Å²) < 4.78 is 0. The molecule has 98 valence electrons. The number of likely N-dealkylation sites (N-methyl/N-ethyl adjacent to an activating group) is 1. The van der Waals surface area contributed by atoms with Crippen LogP contribution >= 0.6 is 11.6 Å². The summed E-state index contributed by atoms with van der Waals surface area (Å²) in [5.74, 6) is -0.382. The van der Waals surface area contributed by atoms with Gasteiger partial charge in [-0.05, 0) is 31.0 Å². The molecule has 0 fully saturated rings. The Hall–Kier alpha value is -1.32. The second-order valence-corrected chi connectivity index (χ2v) is 4.72. The molecule has 4 heteroatoms. The van der Waals surface area contributed by atoms with Crippen LogP contribution in [0.2, 0.25) is 5.02 Å². The molecule has 0 saturated carbocycles. The molecule has 18 heavy (non-hydrogen) atoms. The third kappa shape index (κ3) is 3.86. The van der Waals surface area contributed by atoms with Gasteiger partial charge >= 0.3 is 0 Å². The second-order valence-electron chi connectivity index (χ2n) is 4.28. The second kappa shape index (κ2) is 6.57. The van der Waals surface area contributed by atoms with Crippen LogP contribution in [0.3, 0.4) is 0 Å². The van der Waals surface area contributed by atoms with Gasteiger partial charge in [0.2, 0.25) is 0 Å². The van der Waals surface area contributed by atoms with Gasteiger partial charge < -0.3 is 0 Å². The number of amides is 1. The molecule has 0 bridgehead atoms. The van der Waals surface area contributed by atoms with Crippen molar-refractivity contribution in [3.05, 3.63) is 47.0 Å². The fraction of sp³-hybridized carbons (Fsp3) is 0.357. The first-order valence-electron chi connectivity index (χ1n) is 5.67. The van der Waals surface area contributed by atoms with E-state index in [1.165, 1.54) is 12.2 Å². The SMILES string of the molecule is C=C(C)CC(C(=O)N(C)OC)c1ccc(Cl)cc1. The average molecular weight is 268 g/mol. The first kappa shape index (κ1) is 14.7. The summed E-state index contributed by atoms with van der Waals surface area (Å²) in [5, 5.41) is 1.89. The number of rotatable bonds is 5. The standard InChI is InChI=1S/C14H18ClNO2/c1-10(2)9-13(14(17)16(3)18-4)11-5-7-12(15)8-6-11/h5-8,13H,1,9H2,2-4H3. The minimum Gasteiger partial charge on any atom is -0.275 e. The van der Waals surface area contributed by atoms with Crippen LogP contribution in [-0.4, -0.2) is 25.1 Å². The molecular weight excluding hydrogens is 250 g/mol. The highest BCUT2D eigenvalue weighted by atomic mass is 35.5. The van der Waals surface area contributed by atoms with E-state index >= 15 is 0 Å². The smallest absolute Gasteiger partial charge is 0.253 e. The third-order valence-electron chi connectivity index (χ3n) is 2.71. The summed E-state index contributed by atoms with van der Waals surface area (Å²) in [6, 6.07) is 7.28. The molecule has 0 aliphatic carbocycles. The van der Waals surface area contributed by atoms with Crippen molar-refractivity contribution in [3.63, 3.8) is 0 Å². The Morgan fingerprint density at radius 1 is 1.44 bits per heavy atom. The molecule has 1 aromatic rings. The van der Waals surface area contributed by atoms with Crippen molar-refractivity contribution in [2.75, 3.05) is 14.2 Å². The Bertz CT molecular complexity index is 428. The summed E-state index contributed by atoms with van der Waals surface area (Å²) >= 11 is 5.85. The Morgan fingerprint density at radius 2 is 2.00 bits per heavy atom. The van der Waals surface area contributed by atoms with Gasteiger partial charge in [-0.2, -0.15) is 0 Å². The van der Waals surface area contributed by atoms with Crippen LogP contribution < -0.4 is 0 Å². The highest BCUT2D eigenvalue weighted by Crippen LogP contribution is 2.26. The van der Waals surface area contributed by atoms with E-state index in [2.05, 4.69) is 6.58 Å². The maximum absolute atomic E-state index is 12.2. The van der Waals surface area contributed by atoms with Crippen molar-refractivity contribution in [1.82, 2.24) is 5.06 Å². The Balaban J connectivity index is 3.01. The number of hydroxylamine groups is 2. The molecule has 3 nitrogen and oxygen atoms in total. The van der Waals surface area contributed by atoms with Crippen molar-refractivity contribution in [1.29, 1.82) is 0 Å². The van der Waals surface area contributed by atoms with Crippen molar-refractivity contribution in [2.45, 2.75) is 19.3 Å². The highest BCUT2D eigenvalue weighted by molar-refractivity contribution is 6.30.